The monoisotopic (exact) mass is 440 g/mol. The summed E-state index contributed by atoms with van der Waals surface area (Å²) in [5.74, 6) is -0.525. The van der Waals surface area contributed by atoms with Crippen LogP contribution < -0.4 is 11.1 Å². The van der Waals surface area contributed by atoms with Gasteiger partial charge in [0.15, 0.2) is 0 Å². The van der Waals surface area contributed by atoms with Gasteiger partial charge in [-0.1, -0.05) is 11.6 Å². The first-order valence-corrected chi connectivity index (χ1v) is 7.19. The van der Waals surface area contributed by atoms with E-state index in [1.54, 1.807) is 0 Å². The van der Waals surface area contributed by atoms with Crippen LogP contribution in [0.3, 0.4) is 0 Å². The zero-order chi connectivity index (χ0) is 13.3. The van der Waals surface area contributed by atoms with Gasteiger partial charge in [-0.05, 0) is 62.8 Å². The van der Waals surface area contributed by atoms with Gasteiger partial charge in [-0.2, -0.15) is 0 Å². The summed E-state index contributed by atoms with van der Waals surface area (Å²) in [6.07, 6.45) is 0. The van der Waals surface area contributed by atoms with Crippen molar-refractivity contribution >= 4 is 67.2 Å². The number of hydrogen-bond acceptors (Lipinski definition) is 2. The number of halogens is 4. The highest BCUT2D eigenvalue weighted by Gasteiger charge is 2.07. The number of benzene rings is 2. The first kappa shape index (κ1) is 13.9. The molecule has 0 aliphatic rings. The second-order valence-electron chi connectivity index (χ2n) is 3.61. The molecule has 0 saturated heterocycles. The van der Waals surface area contributed by atoms with Gasteiger partial charge in [-0.15, -0.1) is 0 Å². The molecule has 0 aromatic heterocycles. The Morgan fingerprint density at radius 3 is 2.67 bits per heavy atom. The lowest BCUT2D eigenvalue weighted by Gasteiger charge is -2.11. The minimum atomic E-state index is -0.525. The summed E-state index contributed by atoms with van der Waals surface area (Å²) in [6.45, 7) is 0. The molecule has 0 fully saturated rings. The van der Waals surface area contributed by atoms with E-state index in [9.17, 15) is 4.39 Å². The molecule has 2 rings (SSSR count). The van der Waals surface area contributed by atoms with Gasteiger partial charge in [0.1, 0.15) is 5.82 Å². The molecule has 0 bridgehead atoms. The Balaban J connectivity index is 2.34. The molecule has 0 amide bonds. The van der Waals surface area contributed by atoms with Crippen molar-refractivity contribution in [3.63, 3.8) is 0 Å². The minimum Gasteiger partial charge on any atom is -0.397 e. The van der Waals surface area contributed by atoms with Gasteiger partial charge in [0.05, 0.1) is 16.4 Å². The largest absolute Gasteiger partial charge is 0.397 e. The summed E-state index contributed by atoms with van der Waals surface area (Å²) >= 11 is 11.4. The highest BCUT2D eigenvalue weighted by atomic mass is 127. The average Bonchev–Trinajstić information content (AvgIpc) is 2.31. The predicted molar refractivity (Wildman–Crippen MR) is 86.0 cm³/mol. The highest BCUT2D eigenvalue weighted by molar-refractivity contribution is 14.1. The molecular formula is C12H8BrClFIN2. The predicted octanol–water partition coefficient (Wildman–Crippen LogP) is 5.17. The van der Waals surface area contributed by atoms with Crippen LogP contribution in [-0.4, -0.2) is 0 Å². The van der Waals surface area contributed by atoms with Crippen LogP contribution in [0.5, 0.6) is 0 Å². The summed E-state index contributed by atoms with van der Waals surface area (Å²) in [4.78, 5) is 0. The van der Waals surface area contributed by atoms with Crippen molar-refractivity contribution in [1.82, 2.24) is 0 Å². The van der Waals surface area contributed by atoms with Crippen molar-refractivity contribution in [3.8, 4) is 0 Å². The number of nitrogens with two attached hydrogens (primary N) is 1. The van der Waals surface area contributed by atoms with Crippen LogP contribution in [0.15, 0.2) is 34.8 Å². The van der Waals surface area contributed by atoms with E-state index >= 15 is 0 Å². The highest BCUT2D eigenvalue weighted by Crippen LogP contribution is 2.30. The molecule has 0 radical (unpaired) electrons. The van der Waals surface area contributed by atoms with Gasteiger partial charge in [0.25, 0.3) is 0 Å². The number of nitrogens with one attached hydrogen (secondary N) is 1. The van der Waals surface area contributed by atoms with Crippen LogP contribution in [-0.2, 0) is 0 Å². The Bertz CT molecular complexity index is 607. The Morgan fingerprint density at radius 2 is 2.00 bits per heavy atom. The lowest BCUT2D eigenvalue weighted by atomic mass is 10.2. The maximum absolute atomic E-state index is 13.2. The van der Waals surface area contributed by atoms with E-state index < -0.39 is 5.82 Å². The third kappa shape index (κ3) is 3.07. The molecule has 2 nitrogen and oxygen atoms in total. The van der Waals surface area contributed by atoms with E-state index in [2.05, 4.69) is 43.8 Å². The molecule has 0 heterocycles. The second-order valence-corrected chi connectivity index (χ2v) is 6.03. The lowest BCUT2D eigenvalue weighted by molar-refractivity contribution is 0.629. The maximum Gasteiger partial charge on any atom is 0.143 e. The average molecular weight is 441 g/mol. The first-order chi connectivity index (χ1) is 8.47. The molecule has 2 aromatic carbocycles. The van der Waals surface area contributed by atoms with E-state index in [0.29, 0.717) is 11.4 Å². The Morgan fingerprint density at radius 1 is 1.28 bits per heavy atom. The number of nitrogen functional groups attached to an aromatic ring is 1. The van der Waals surface area contributed by atoms with Crippen molar-refractivity contribution in [2.45, 2.75) is 0 Å². The third-order valence-electron chi connectivity index (χ3n) is 2.29. The molecule has 0 aliphatic heterocycles. The molecule has 94 valence electrons. The molecule has 3 N–H and O–H groups in total. The molecule has 6 heteroatoms. The van der Waals surface area contributed by atoms with E-state index in [-0.39, 0.29) is 5.02 Å². The fourth-order valence-electron chi connectivity index (χ4n) is 1.40. The zero-order valence-electron chi connectivity index (χ0n) is 8.98. The van der Waals surface area contributed by atoms with Crippen molar-refractivity contribution in [1.29, 1.82) is 0 Å². The molecule has 0 aliphatic carbocycles. The fourth-order valence-corrected chi connectivity index (χ4v) is 2.28. The van der Waals surface area contributed by atoms with Gasteiger partial charge in [0.2, 0.25) is 0 Å². The van der Waals surface area contributed by atoms with Crippen molar-refractivity contribution in [3.05, 3.63) is 49.2 Å². The summed E-state index contributed by atoms with van der Waals surface area (Å²) < 4.78 is 15.2. The van der Waals surface area contributed by atoms with Crippen LogP contribution in [0.25, 0.3) is 0 Å². The van der Waals surface area contributed by atoms with Gasteiger partial charge in [-0.25, -0.2) is 4.39 Å². The van der Waals surface area contributed by atoms with Crippen LogP contribution >= 0.6 is 50.1 Å². The Labute approximate surface area is 131 Å². The van der Waals surface area contributed by atoms with Gasteiger partial charge in [0, 0.05) is 19.8 Å². The molecule has 0 unspecified atom stereocenters. The van der Waals surface area contributed by atoms with Crippen molar-refractivity contribution < 1.29 is 4.39 Å². The topological polar surface area (TPSA) is 38.0 Å². The van der Waals surface area contributed by atoms with Crippen molar-refractivity contribution in [2.24, 2.45) is 0 Å². The molecule has 0 saturated carbocycles. The van der Waals surface area contributed by atoms with E-state index in [1.807, 2.05) is 18.2 Å². The van der Waals surface area contributed by atoms with Crippen molar-refractivity contribution in [2.75, 3.05) is 11.1 Å². The van der Waals surface area contributed by atoms with Gasteiger partial charge >= 0.3 is 0 Å². The standard InChI is InChI=1S/C12H8BrClFIN2/c13-7-3-6(1-2-10(7)16)18-12-4-8(14)9(15)5-11(12)17/h1-5,18H,17H2. The smallest absolute Gasteiger partial charge is 0.143 e. The number of hydrogen-bond donors (Lipinski definition) is 2. The fraction of sp³-hybridized carbons (Fsp3) is 0. The molecule has 18 heavy (non-hydrogen) atoms. The molecule has 0 spiro atoms. The summed E-state index contributed by atoms with van der Waals surface area (Å²) in [5.41, 5.74) is 7.47. The normalized spacial score (nSPS) is 10.4. The van der Waals surface area contributed by atoms with E-state index in [0.717, 1.165) is 13.7 Å². The minimum absolute atomic E-state index is 0.0382. The van der Waals surface area contributed by atoms with Gasteiger partial charge < -0.3 is 11.1 Å². The van der Waals surface area contributed by atoms with Crippen LogP contribution in [0.1, 0.15) is 0 Å². The summed E-state index contributed by atoms with van der Waals surface area (Å²) in [7, 11) is 0. The summed E-state index contributed by atoms with van der Waals surface area (Å²) in [5, 5.41) is 3.14. The van der Waals surface area contributed by atoms with Crippen LogP contribution in [0, 0.1) is 9.39 Å². The Kier molecular flexibility index (Phi) is 4.34. The van der Waals surface area contributed by atoms with Gasteiger partial charge in [-0.3, -0.25) is 0 Å². The number of anilines is 3. The SMILES string of the molecule is Nc1cc(F)c(Cl)cc1Nc1ccc(I)c(Br)c1. The Hall–Kier alpha value is -0.530. The van der Waals surface area contributed by atoms with Crippen LogP contribution in [0.2, 0.25) is 5.02 Å². The lowest BCUT2D eigenvalue weighted by Crippen LogP contribution is -1.98. The molecular weight excluding hydrogens is 433 g/mol. The van der Waals surface area contributed by atoms with E-state index in [1.165, 1.54) is 12.1 Å². The van der Waals surface area contributed by atoms with E-state index in [4.69, 9.17) is 17.3 Å². The number of rotatable bonds is 2. The molecule has 2 aromatic rings. The first-order valence-electron chi connectivity index (χ1n) is 4.94. The maximum atomic E-state index is 13.2. The zero-order valence-corrected chi connectivity index (χ0v) is 13.5. The summed E-state index contributed by atoms with van der Waals surface area (Å²) in [6, 6.07) is 8.44. The molecule has 0 atom stereocenters. The third-order valence-corrected chi connectivity index (χ3v) is 4.92. The second kappa shape index (κ2) is 5.63. The quantitative estimate of drug-likeness (QED) is 0.498. The van der Waals surface area contributed by atoms with Crippen LogP contribution in [0.4, 0.5) is 21.5 Å².